The third kappa shape index (κ3) is 6.16. The van der Waals surface area contributed by atoms with Crippen molar-refractivity contribution >= 4 is 17.7 Å². The van der Waals surface area contributed by atoms with Crippen LogP contribution in [0, 0.1) is 5.92 Å². The summed E-state index contributed by atoms with van der Waals surface area (Å²) in [5.41, 5.74) is 6.14. The van der Waals surface area contributed by atoms with E-state index in [0.29, 0.717) is 11.4 Å². The van der Waals surface area contributed by atoms with Gasteiger partial charge in [0.15, 0.2) is 0 Å². The number of carbonyl (C=O) groups is 2. The first-order valence-electron chi connectivity index (χ1n) is 8.12. The van der Waals surface area contributed by atoms with Crippen molar-refractivity contribution in [1.82, 2.24) is 10.3 Å². The number of aromatic nitrogens is 1. The van der Waals surface area contributed by atoms with Crippen LogP contribution in [0.4, 0.5) is 10.5 Å². The van der Waals surface area contributed by atoms with E-state index in [-0.39, 0.29) is 18.4 Å². The van der Waals surface area contributed by atoms with Crippen molar-refractivity contribution < 1.29 is 14.3 Å². The molecule has 0 radical (unpaired) electrons. The molecular formula is C17H28N4O3. The van der Waals surface area contributed by atoms with Crippen molar-refractivity contribution in [3.05, 3.63) is 24.0 Å². The van der Waals surface area contributed by atoms with Crippen molar-refractivity contribution in [2.45, 2.75) is 59.2 Å². The van der Waals surface area contributed by atoms with Crippen molar-refractivity contribution in [2.24, 2.45) is 11.7 Å². The van der Waals surface area contributed by atoms with Gasteiger partial charge in [0, 0.05) is 12.7 Å². The van der Waals surface area contributed by atoms with E-state index >= 15 is 0 Å². The van der Waals surface area contributed by atoms with Gasteiger partial charge in [-0.3, -0.25) is 9.78 Å². The number of nitrogens with zero attached hydrogens (tertiary/aromatic N) is 1. The number of amides is 2. The lowest BCUT2D eigenvalue weighted by atomic mass is 9.98. The quantitative estimate of drug-likeness (QED) is 0.739. The fourth-order valence-corrected chi connectivity index (χ4v) is 2.06. The van der Waals surface area contributed by atoms with Crippen LogP contribution in [0.2, 0.25) is 0 Å². The molecule has 7 heteroatoms. The van der Waals surface area contributed by atoms with E-state index < -0.39 is 17.7 Å². The molecule has 7 nitrogen and oxygen atoms in total. The minimum absolute atomic E-state index is 0.0597. The van der Waals surface area contributed by atoms with Crippen LogP contribution in [-0.2, 0) is 16.1 Å². The van der Waals surface area contributed by atoms with E-state index in [1.165, 1.54) is 0 Å². The van der Waals surface area contributed by atoms with Gasteiger partial charge in [0.05, 0.1) is 11.4 Å². The topological polar surface area (TPSA) is 106 Å². The highest BCUT2D eigenvalue weighted by Gasteiger charge is 2.28. The van der Waals surface area contributed by atoms with Gasteiger partial charge in [0.2, 0.25) is 5.91 Å². The first-order valence-corrected chi connectivity index (χ1v) is 8.12. The molecule has 0 saturated carbocycles. The summed E-state index contributed by atoms with van der Waals surface area (Å²) in [6.45, 7) is 9.38. The van der Waals surface area contributed by atoms with Crippen LogP contribution >= 0.6 is 0 Å². The number of nitrogens with one attached hydrogen (secondary N) is 2. The van der Waals surface area contributed by atoms with E-state index in [4.69, 9.17) is 10.5 Å². The number of ether oxygens (including phenoxy) is 1. The molecule has 24 heavy (non-hydrogen) atoms. The summed E-state index contributed by atoms with van der Waals surface area (Å²) in [6.07, 6.45) is 1.72. The maximum atomic E-state index is 12.6. The minimum Gasteiger partial charge on any atom is -0.444 e. The molecule has 134 valence electrons. The smallest absolute Gasteiger partial charge is 0.408 e. The Morgan fingerprint density at radius 1 is 1.38 bits per heavy atom. The molecular weight excluding hydrogens is 308 g/mol. The van der Waals surface area contributed by atoms with Crippen LogP contribution in [0.1, 0.15) is 46.7 Å². The highest BCUT2D eigenvalue weighted by molar-refractivity contribution is 5.97. The van der Waals surface area contributed by atoms with Crippen molar-refractivity contribution in [3.63, 3.8) is 0 Å². The van der Waals surface area contributed by atoms with E-state index in [9.17, 15) is 9.59 Å². The molecule has 0 spiro atoms. The second-order valence-electron chi connectivity index (χ2n) is 6.70. The molecule has 0 aromatic carbocycles. The van der Waals surface area contributed by atoms with Crippen LogP contribution in [0.5, 0.6) is 0 Å². The van der Waals surface area contributed by atoms with Crippen molar-refractivity contribution in [2.75, 3.05) is 5.32 Å². The molecule has 2 atom stereocenters. The Labute approximate surface area is 143 Å². The van der Waals surface area contributed by atoms with Crippen molar-refractivity contribution in [3.8, 4) is 0 Å². The second kappa shape index (κ2) is 8.63. The molecule has 0 unspecified atom stereocenters. The third-order valence-electron chi connectivity index (χ3n) is 3.51. The monoisotopic (exact) mass is 336 g/mol. The Hall–Kier alpha value is -2.15. The van der Waals surface area contributed by atoms with Crippen LogP contribution in [-0.4, -0.2) is 28.6 Å². The summed E-state index contributed by atoms with van der Waals surface area (Å²) in [7, 11) is 0. The zero-order chi connectivity index (χ0) is 18.3. The van der Waals surface area contributed by atoms with E-state index in [2.05, 4.69) is 15.6 Å². The van der Waals surface area contributed by atoms with Gasteiger partial charge in [-0.25, -0.2) is 4.79 Å². The number of hydrogen-bond acceptors (Lipinski definition) is 5. The molecule has 1 aromatic heterocycles. The van der Waals surface area contributed by atoms with Gasteiger partial charge in [-0.2, -0.15) is 0 Å². The third-order valence-corrected chi connectivity index (χ3v) is 3.51. The number of anilines is 1. The van der Waals surface area contributed by atoms with Crippen LogP contribution in [0.15, 0.2) is 18.3 Å². The molecule has 4 N–H and O–H groups in total. The predicted octanol–water partition coefficient (Wildman–Crippen LogP) is 2.42. The highest BCUT2D eigenvalue weighted by Crippen LogP contribution is 2.16. The molecule has 0 bridgehead atoms. The van der Waals surface area contributed by atoms with Crippen LogP contribution < -0.4 is 16.4 Å². The first kappa shape index (κ1) is 19.9. The normalized spacial score (nSPS) is 13.8. The second-order valence-corrected chi connectivity index (χ2v) is 6.70. The molecule has 0 aliphatic rings. The number of nitrogens with two attached hydrogens (primary N) is 1. The number of alkyl carbamates (subject to hydrolysis) is 1. The highest BCUT2D eigenvalue weighted by atomic mass is 16.6. The molecule has 1 aromatic rings. The summed E-state index contributed by atoms with van der Waals surface area (Å²) in [5, 5.41) is 5.45. The van der Waals surface area contributed by atoms with Crippen LogP contribution in [0.25, 0.3) is 0 Å². The maximum Gasteiger partial charge on any atom is 0.408 e. The molecule has 2 amide bonds. The van der Waals surface area contributed by atoms with Gasteiger partial charge in [0.1, 0.15) is 11.6 Å². The summed E-state index contributed by atoms with van der Waals surface area (Å²) >= 11 is 0. The summed E-state index contributed by atoms with van der Waals surface area (Å²) in [5.74, 6) is -0.381. The Bertz CT molecular complexity index is 569. The van der Waals surface area contributed by atoms with Crippen molar-refractivity contribution in [1.29, 1.82) is 0 Å². The molecule has 0 aliphatic heterocycles. The molecule has 1 heterocycles. The number of pyridine rings is 1. The molecule has 1 rings (SSSR count). The van der Waals surface area contributed by atoms with E-state index in [0.717, 1.165) is 6.42 Å². The van der Waals surface area contributed by atoms with Gasteiger partial charge in [-0.1, -0.05) is 20.3 Å². The zero-order valence-electron chi connectivity index (χ0n) is 15.1. The fraction of sp³-hybridized carbons (Fsp3) is 0.588. The average Bonchev–Trinajstić information content (AvgIpc) is 2.50. The Morgan fingerprint density at radius 3 is 2.58 bits per heavy atom. The number of carbonyl (C=O) groups excluding carboxylic acids is 2. The molecule has 0 fully saturated rings. The average molecular weight is 336 g/mol. The predicted molar refractivity (Wildman–Crippen MR) is 93.4 cm³/mol. The van der Waals surface area contributed by atoms with Gasteiger partial charge in [0.25, 0.3) is 0 Å². The number of rotatable bonds is 6. The zero-order valence-corrected chi connectivity index (χ0v) is 15.1. The fourth-order valence-electron chi connectivity index (χ4n) is 2.06. The van der Waals surface area contributed by atoms with Gasteiger partial charge >= 0.3 is 6.09 Å². The molecule has 0 saturated heterocycles. The largest absolute Gasteiger partial charge is 0.444 e. The lowest BCUT2D eigenvalue weighted by Gasteiger charge is -2.26. The standard InChI is InChI=1S/C17H28N4O3/c1-6-11(2)14(21-16(23)24-17(3,4)5)15(22)20-12-8-7-9-19-13(12)10-18/h7-9,11,14H,6,10,18H2,1-5H3,(H,20,22)(H,21,23)/t11-,14-/m0/s1. The van der Waals surface area contributed by atoms with Gasteiger partial charge in [-0.15, -0.1) is 0 Å². The van der Waals surface area contributed by atoms with E-state index in [1.54, 1.807) is 39.1 Å². The Morgan fingerprint density at radius 2 is 2.04 bits per heavy atom. The number of hydrogen-bond donors (Lipinski definition) is 3. The first-order chi connectivity index (χ1) is 11.2. The molecule has 0 aliphatic carbocycles. The lowest BCUT2D eigenvalue weighted by molar-refractivity contribution is -0.119. The lowest BCUT2D eigenvalue weighted by Crippen LogP contribution is -2.49. The van der Waals surface area contributed by atoms with E-state index in [1.807, 2.05) is 13.8 Å². The SMILES string of the molecule is CC[C@H](C)[C@H](NC(=O)OC(C)(C)C)C(=O)Nc1cccnc1CN. The minimum atomic E-state index is -0.712. The summed E-state index contributed by atoms with van der Waals surface area (Å²) in [6, 6.07) is 2.73. The Kier molecular flexibility index (Phi) is 7.16. The Balaban J connectivity index is 2.87. The summed E-state index contributed by atoms with van der Waals surface area (Å²) in [4.78, 5) is 28.8. The van der Waals surface area contributed by atoms with Gasteiger partial charge in [-0.05, 0) is 38.8 Å². The summed E-state index contributed by atoms with van der Waals surface area (Å²) < 4.78 is 5.25. The van der Waals surface area contributed by atoms with Crippen LogP contribution in [0.3, 0.4) is 0 Å². The van der Waals surface area contributed by atoms with Gasteiger partial charge < -0.3 is 21.1 Å². The maximum absolute atomic E-state index is 12.6.